The lowest BCUT2D eigenvalue weighted by atomic mass is 10.1. The highest BCUT2D eigenvalue weighted by molar-refractivity contribution is 5.88. The summed E-state index contributed by atoms with van der Waals surface area (Å²) in [5, 5.41) is 14.6. The van der Waals surface area contributed by atoms with Crippen molar-refractivity contribution in [2.45, 2.75) is 26.0 Å². The van der Waals surface area contributed by atoms with Crippen LogP contribution in [0.4, 0.5) is 0 Å². The molecule has 2 aromatic carbocycles. The van der Waals surface area contributed by atoms with Crippen LogP contribution in [0, 0.1) is 0 Å². The maximum Gasteiger partial charge on any atom is 0.127 e. The molecule has 0 spiro atoms. The number of aliphatic hydroxyl groups is 1. The van der Waals surface area contributed by atoms with Crippen molar-refractivity contribution in [2.75, 3.05) is 13.1 Å². The van der Waals surface area contributed by atoms with E-state index >= 15 is 0 Å². The van der Waals surface area contributed by atoms with Gasteiger partial charge in [-0.25, -0.2) is 0 Å². The summed E-state index contributed by atoms with van der Waals surface area (Å²) in [6, 6.07) is 12.7. The zero-order valence-corrected chi connectivity index (χ0v) is 11.2. The minimum absolute atomic E-state index is 0.0326. The maximum atomic E-state index is 10.1. The topological polar surface area (TPSA) is 41.5 Å². The molecule has 0 aliphatic heterocycles. The summed E-state index contributed by atoms with van der Waals surface area (Å²) < 4.78 is 29.1. The van der Waals surface area contributed by atoms with Crippen molar-refractivity contribution in [1.29, 1.82) is 0 Å². The van der Waals surface area contributed by atoms with Crippen molar-refractivity contribution in [3.8, 4) is 5.75 Å². The van der Waals surface area contributed by atoms with E-state index in [-0.39, 0.29) is 12.6 Å². The number of rotatable bonds is 6. The van der Waals surface area contributed by atoms with Gasteiger partial charge in [0, 0.05) is 18.0 Å². The maximum absolute atomic E-state index is 10.1. The monoisotopic (exact) mass is 262 g/mol. The summed E-state index contributed by atoms with van der Waals surface area (Å²) in [4.78, 5) is 0. The molecule has 0 aromatic heterocycles. The van der Waals surface area contributed by atoms with Crippen LogP contribution in [0.5, 0.6) is 5.75 Å². The van der Waals surface area contributed by atoms with Gasteiger partial charge in [0.25, 0.3) is 0 Å². The second-order valence-electron chi connectivity index (χ2n) is 4.66. The van der Waals surface area contributed by atoms with Crippen molar-refractivity contribution < 1.29 is 14.0 Å². The van der Waals surface area contributed by atoms with Crippen molar-refractivity contribution in [1.82, 2.24) is 5.32 Å². The molecule has 0 heterocycles. The van der Waals surface area contributed by atoms with Crippen LogP contribution in [-0.4, -0.2) is 30.3 Å². The molecule has 0 bridgehead atoms. The van der Waals surface area contributed by atoms with E-state index < -0.39 is 12.6 Å². The molecule has 102 valence electrons. The third-order valence-electron chi connectivity index (χ3n) is 2.71. The van der Waals surface area contributed by atoms with Gasteiger partial charge in [0.15, 0.2) is 0 Å². The van der Waals surface area contributed by atoms with Crippen LogP contribution in [0.1, 0.15) is 18.0 Å². The third kappa shape index (κ3) is 3.94. The molecule has 3 nitrogen and oxygen atoms in total. The highest BCUT2D eigenvalue weighted by Crippen LogP contribution is 2.25. The Labute approximate surface area is 118 Å². The lowest BCUT2D eigenvalue weighted by Gasteiger charge is -2.15. The predicted octanol–water partition coefficient (Wildman–Crippen LogP) is 2.58. The van der Waals surface area contributed by atoms with Crippen LogP contribution in [0.15, 0.2) is 42.5 Å². The molecule has 1 unspecified atom stereocenters. The number of nitrogens with one attached hydrogen (secondary N) is 1. The van der Waals surface area contributed by atoms with E-state index in [1.54, 1.807) is 12.1 Å². The van der Waals surface area contributed by atoms with Gasteiger partial charge in [-0.2, -0.15) is 0 Å². The molecule has 0 radical (unpaired) electrons. The van der Waals surface area contributed by atoms with Gasteiger partial charge in [-0.15, -0.1) is 0 Å². The van der Waals surface area contributed by atoms with Gasteiger partial charge >= 0.3 is 0 Å². The molecule has 19 heavy (non-hydrogen) atoms. The van der Waals surface area contributed by atoms with E-state index in [0.717, 1.165) is 10.8 Å². The second-order valence-corrected chi connectivity index (χ2v) is 4.66. The molecule has 2 aromatic rings. The van der Waals surface area contributed by atoms with E-state index in [9.17, 15) is 5.11 Å². The molecule has 0 saturated heterocycles. The molecular weight excluding hydrogens is 238 g/mol. The molecular formula is C16H21NO2. The van der Waals surface area contributed by atoms with Crippen LogP contribution in [-0.2, 0) is 0 Å². The average Bonchev–Trinajstić information content (AvgIpc) is 2.45. The first-order valence-corrected chi connectivity index (χ1v) is 6.35. The molecule has 0 aliphatic rings. The van der Waals surface area contributed by atoms with Gasteiger partial charge < -0.3 is 15.2 Å². The normalized spacial score (nSPS) is 17.6. The SMILES string of the molecule is [2H]C(O)(CNC(C)C)C([2H])([2H])Oc1cccc2ccccc12. The predicted molar refractivity (Wildman–Crippen MR) is 78.6 cm³/mol. The van der Waals surface area contributed by atoms with Gasteiger partial charge in [0.05, 0.1) is 4.11 Å². The minimum atomic E-state index is -2.56. The van der Waals surface area contributed by atoms with Gasteiger partial charge in [0.2, 0.25) is 0 Å². The standard InChI is InChI=1S/C16H21NO2/c1-12(2)17-10-14(18)11-19-16-9-5-7-13-6-3-4-8-15(13)16/h3-9,12,14,17-18H,10-11H2,1-2H3/i11D2,14D. The number of hydrogen-bond donors (Lipinski definition) is 2. The molecule has 2 rings (SSSR count). The van der Waals surface area contributed by atoms with Crippen LogP contribution in [0.25, 0.3) is 10.8 Å². The zero-order chi connectivity index (χ0) is 16.4. The number of hydrogen-bond acceptors (Lipinski definition) is 3. The Balaban J connectivity index is 2.26. The fraction of sp³-hybridized carbons (Fsp3) is 0.375. The summed E-state index contributed by atoms with van der Waals surface area (Å²) in [5.41, 5.74) is 0. The largest absolute Gasteiger partial charge is 0.490 e. The van der Waals surface area contributed by atoms with Crippen molar-refractivity contribution in [3.05, 3.63) is 42.5 Å². The molecule has 2 N–H and O–H groups in total. The van der Waals surface area contributed by atoms with Gasteiger partial charge in [0.1, 0.15) is 18.4 Å². The Morgan fingerprint density at radius 1 is 1.26 bits per heavy atom. The van der Waals surface area contributed by atoms with E-state index in [1.807, 2.05) is 44.2 Å². The van der Waals surface area contributed by atoms with E-state index in [2.05, 4.69) is 5.32 Å². The van der Waals surface area contributed by atoms with Gasteiger partial charge in [-0.3, -0.25) is 0 Å². The van der Waals surface area contributed by atoms with Crippen molar-refractivity contribution in [2.24, 2.45) is 0 Å². The Kier molecular flexibility index (Phi) is 3.53. The Morgan fingerprint density at radius 3 is 2.79 bits per heavy atom. The van der Waals surface area contributed by atoms with Crippen LogP contribution in [0.3, 0.4) is 0 Å². The lowest BCUT2D eigenvalue weighted by Crippen LogP contribution is -2.35. The zero-order valence-electron chi connectivity index (χ0n) is 14.2. The Hall–Kier alpha value is -1.58. The first kappa shape index (κ1) is 10.2. The number of benzene rings is 2. The Morgan fingerprint density at radius 2 is 2.00 bits per heavy atom. The van der Waals surface area contributed by atoms with Crippen LogP contribution in [0.2, 0.25) is 0 Å². The first-order chi connectivity index (χ1) is 10.2. The fourth-order valence-corrected chi connectivity index (χ4v) is 1.74. The molecule has 0 amide bonds. The van der Waals surface area contributed by atoms with E-state index in [4.69, 9.17) is 8.85 Å². The third-order valence-corrected chi connectivity index (χ3v) is 2.71. The van der Waals surface area contributed by atoms with Crippen LogP contribution >= 0.6 is 0 Å². The highest BCUT2D eigenvalue weighted by Gasteiger charge is 2.07. The molecule has 3 heteroatoms. The van der Waals surface area contributed by atoms with Crippen molar-refractivity contribution in [3.63, 3.8) is 0 Å². The lowest BCUT2D eigenvalue weighted by molar-refractivity contribution is 0.105. The van der Waals surface area contributed by atoms with Crippen LogP contribution < -0.4 is 10.1 Å². The minimum Gasteiger partial charge on any atom is -0.490 e. The summed E-state index contributed by atoms with van der Waals surface area (Å²) in [5.74, 6) is 0.304. The molecule has 0 saturated carbocycles. The quantitative estimate of drug-likeness (QED) is 0.840. The van der Waals surface area contributed by atoms with E-state index in [0.29, 0.717) is 5.75 Å². The second kappa shape index (κ2) is 6.55. The molecule has 0 fully saturated rings. The van der Waals surface area contributed by atoms with Gasteiger partial charge in [-0.1, -0.05) is 50.2 Å². The van der Waals surface area contributed by atoms with Crippen molar-refractivity contribution >= 4 is 10.8 Å². The summed E-state index contributed by atoms with van der Waals surface area (Å²) in [6.07, 6.45) is -2.41. The summed E-state index contributed by atoms with van der Waals surface area (Å²) >= 11 is 0. The Bertz CT molecular complexity index is 639. The summed E-state index contributed by atoms with van der Waals surface area (Å²) in [6.45, 7) is 0.926. The number of ether oxygens (including phenoxy) is 1. The van der Waals surface area contributed by atoms with E-state index in [1.165, 1.54) is 0 Å². The first-order valence-electron chi connectivity index (χ1n) is 7.85. The smallest absolute Gasteiger partial charge is 0.127 e. The summed E-state index contributed by atoms with van der Waals surface area (Å²) in [7, 11) is 0. The fourth-order valence-electron chi connectivity index (χ4n) is 1.74. The average molecular weight is 262 g/mol. The number of fused-ring (bicyclic) bond motifs is 1. The highest BCUT2D eigenvalue weighted by atomic mass is 16.5. The molecule has 0 aliphatic carbocycles. The van der Waals surface area contributed by atoms with Gasteiger partial charge in [-0.05, 0) is 11.5 Å². The molecule has 1 atom stereocenters.